The van der Waals surface area contributed by atoms with Crippen LogP contribution < -0.4 is 4.90 Å². The summed E-state index contributed by atoms with van der Waals surface area (Å²) < 4.78 is 0. The molecule has 0 bridgehead atoms. The number of para-hydroxylation sites is 1. The number of hydrogen-bond donors (Lipinski definition) is 0. The Balaban J connectivity index is 1.06. The molecule has 14 rings (SSSR count). The van der Waals surface area contributed by atoms with Crippen LogP contribution in [-0.4, -0.2) is 0 Å². The van der Waals surface area contributed by atoms with Gasteiger partial charge >= 0.3 is 0 Å². The molecule has 0 saturated carbocycles. The summed E-state index contributed by atoms with van der Waals surface area (Å²) in [6.07, 6.45) is 0. The molecule has 0 atom stereocenters. The highest BCUT2D eigenvalue weighted by molar-refractivity contribution is 6.02. The summed E-state index contributed by atoms with van der Waals surface area (Å²) in [5.41, 5.74) is 27.9. The first-order valence-corrected chi connectivity index (χ1v) is 24.9. The summed E-state index contributed by atoms with van der Waals surface area (Å²) in [4.78, 5) is 2.59. The van der Waals surface area contributed by atoms with Gasteiger partial charge in [-0.2, -0.15) is 0 Å². The maximum atomic E-state index is 2.59. The monoisotopic (exact) mass is 903 g/mol. The third-order valence-electron chi connectivity index (χ3n) is 15.9. The van der Waals surface area contributed by atoms with Gasteiger partial charge in [-0.1, -0.05) is 226 Å². The van der Waals surface area contributed by atoms with Crippen LogP contribution in [0.3, 0.4) is 0 Å². The van der Waals surface area contributed by atoms with Crippen molar-refractivity contribution in [2.45, 2.75) is 24.7 Å². The molecule has 0 fully saturated rings. The lowest BCUT2D eigenvalue weighted by molar-refractivity contribution is 0.660. The van der Waals surface area contributed by atoms with E-state index in [2.05, 4.69) is 280 Å². The number of hydrogen-bond acceptors (Lipinski definition) is 1. The molecule has 71 heavy (non-hydrogen) atoms. The lowest BCUT2D eigenvalue weighted by Gasteiger charge is -2.36. The fourth-order valence-corrected chi connectivity index (χ4v) is 12.7. The van der Waals surface area contributed by atoms with Crippen molar-refractivity contribution in [3.63, 3.8) is 0 Å². The van der Waals surface area contributed by atoms with Gasteiger partial charge in [0.1, 0.15) is 0 Å². The zero-order valence-electron chi connectivity index (χ0n) is 39.8. The lowest BCUT2D eigenvalue weighted by Crippen LogP contribution is -2.28. The van der Waals surface area contributed by atoms with Crippen molar-refractivity contribution in [1.82, 2.24) is 0 Å². The minimum atomic E-state index is -0.644. The quantitative estimate of drug-likeness (QED) is 0.154. The molecule has 11 aromatic carbocycles. The molecule has 1 heteroatoms. The molecule has 0 aromatic heterocycles. The normalized spacial score (nSPS) is 13.7. The molecule has 0 amide bonds. The largest absolute Gasteiger partial charge is 0.309 e. The third kappa shape index (κ3) is 6.13. The summed E-state index contributed by atoms with van der Waals surface area (Å²) in [5, 5.41) is 0. The number of fused-ring (bicyclic) bond motifs is 13. The average molecular weight is 904 g/mol. The molecule has 0 radical (unpaired) electrons. The van der Waals surface area contributed by atoms with Gasteiger partial charge in [0.15, 0.2) is 0 Å². The van der Waals surface area contributed by atoms with Crippen molar-refractivity contribution in [2.75, 3.05) is 4.90 Å². The molecule has 0 saturated heterocycles. The molecule has 3 aliphatic rings. The van der Waals surface area contributed by atoms with E-state index in [9.17, 15) is 0 Å². The van der Waals surface area contributed by atoms with E-state index in [1.807, 2.05) is 0 Å². The molecule has 0 heterocycles. The Morgan fingerprint density at radius 1 is 0.254 bits per heavy atom. The smallest absolute Gasteiger partial charge is 0.0746 e. The van der Waals surface area contributed by atoms with Gasteiger partial charge in [0.2, 0.25) is 0 Å². The minimum Gasteiger partial charge on any atom is -0.309 e. The van der Waals surface area contributed by atoms with E-state index in [-0.39, 0.29) is 5.41 Å². The Hall–Kier alpha value is -8.78. The first kappa shape index (κ1) is 41.2. The first-order chi connectivity index (χ1) is 35.0. The van der Waals surface area contributed by atoms with Gasteiger partial charge in [0, 0.05) is 22.2 Å². The maximum Gasteiger partial charge on any atom is 0.0746 e. The van der Waals surface area contributed by atoms with Crippen LogP contribution in [0.4, 0.5) is 17.1 Å². The molecule has 3 aliphatic carbocycles. The van der Waals surface area contributed by atoms with Gasteiger partial charge in [0.25, 0.3) is 0 Å². The van der Waals surface area contributed by atoms with Gasteiger partial charge in [-0.15, -0.1) is 0 Å². The van der Waals surface area contributed by atoms with Gasteiger partial charge in [-0.3, -0.25) is 0 Å². The van der Waals surface area contributed by atoms with E-state index in [4.69, 9.17) is 0 Å². The summed E-state index contributed by atoms with van der Waals surface area (Å²) in [7, 11) is 0. The van der Waals surface area contributed by atoms with Crippen molar-refractivity contribution in [2.24, 2.45) is 0 Å². The zero-order chi connectivity index (χ0) is 47.3. The van der Waals surface area contributed by atoms with Crippen LogP contribution in [0.15, 0.2) is 261 Å². The van der Waals surface area contributed by atoms with Crippen molar-refractivity contribution in [3.8, 4) is 77.9 Å². The van der Waals surface area contributed by atoms with Crippen molar-refractivity contribution in [1.29, 1.82) is 0 Å². The van der Waals surface area contributed by atoms with Crippen molar-refractivity contribution in [3.05, 3.63) is 294 Å². The fourth-order valence-electron chi connectivity index (χ4n) is 12.7. The Labute approximate surface area is 416 Å². The Morgan fingerprint density at radius 2 is 0.704 bits per heavy atom. The second-order valence-corrected chi connectivity index (χ2v) is 20.0. The molecule has 0 unspecified atom stereocenters. The summed E-state index contributed by atoms with van der Waals surface area (Å²) >= 11 is 0. The van der Waals surface area contributed by atoms with Crippen LogP contribution in [0, 0.1) is 0 Å². The highest BCUT2D eigenvalue weighted by Gasteiger charge is 2.53. The second-order valence-electron chi connectivity index (χ2n) is 20.0. The molecule has 11 aromatic rings. The van der Waals surface area contributed by atoms with Gasteiger partial charge in [-0.05, 0) is 149 Å². The standard InChI is InChI=1S/C70H49N/c1-69(2)61-32-16-12-30-57(61)60-45-53(38-40-62(60)69)71(66-35-19-15-27-54(66)48-25-10-5-11-26-48)67-36-20-31-59-58-39-37-49(52-42-50(46-21-6-3-7-22-46)41-51(43-52)47-23-8-4-9-24-47)44-65(58)70(68(59)67)63-33-17-13-28-55(63)56-29-14-18-34-64(56)70/h3-45H,1-2H3. The van der Waals surface area contributed by atoms with Crippen LogP contribution in [0.5, 0.6) is 0 Å². The molecule has 1 nitrogen and oxygen atoms in total. The minimum absolute atomic E-state index is 0.117. The van der Waals surface area contributed by atoms with Crippen LogP contribution in [0.1, 0.15) is 47.2 Å². The van der Waals surface area contributed by atoms with E-state index in [1.54, 1.807) is 0 Å². The summed E-state index contributed by atoms with van der Waals surface area (Å²) in [6, 6.07) is 97.6. The van der Waals surface area contributed by atoms with Crippen LogP contribution in [0.2, 0.25) is 0 Å². The van der Waals surface area contributed by atoms with E-state index in [1.165, 1.54) is 111 Å². The van der Waals surface area contributed by atoms with E-state index in [0.29, 0.717) is 0 Å². The predicted molar refractivity (Wildman–Crippen MR) is 297 cm³/mol. The fraction of sp³-hybridized carbons (Fsp3) is 0.0571. The molecule has 334 valence electrons. The third-order valence-corrected chi connectivity index (χ3v) is 15.9. The topological polar surface area (TPSA) is 3.24 Å². The zero-order valence-corrected chi connectivity index (χ0v) is 39.8. The molecule has 0 N–H and O–H groups in total. The Kier molecular flexibility index (Phi) is 9.22. The number of anilines is 3. The van der Waals surface area contributed by atoms with E-state index < -0.39 is 5.41 Å². The van der Waals surface area contributed by atoms with Crippen molar-refractivity contribution < 1.29 is 0 Å². The van der Waals surface area contributed by atoms with Crippen LogP contribution >= 0.6 is 0 Å². The number of benzene rings is 11. The van der Waals surface area contributed by atoms with E-state index >= 15 is 0 Å². The number of rotatable bonds is 7. The Bertz CT molecular complexity index is 3800. The SMILES string of the molecule is CC1(C)c2ccccc2-c2cc(N(c3ccccc3-c3ccccc3)c3cccc4c3C3(c5ccccc5-c5ccccc53)c3cc(-c5cc(-c6ccccc6)cc(-c6ccccc6)c5)ccc3-4)ccc21. The van der Waals surface area contributed by atoms with E-state index in [0.717, 1.165) is 17.1 Å². The van der Waals surface area contributed by atoms with Crippen LogP contribution in [0.25, 0.3) is 77.9 Å². The van der Waals surface area contributed by atoms with Gasteiger partial charge in [-0.25, -0.2) is 0 Å². The van der Waals surface area contributed by atoms with Crippen LogP contribution in [-0.2, 0) is 10.8 Å². The highest BCUT2D eigenvalue weighted by Crippen LogP contribution is 2.66. The van der Waals surface area contributed by atoms with Crippen molar-refractivity contribution >= 4 is 17.1 Å². The molecular weight excluding hydrogens is 855 g/mol. The number of nitrogens with zero attached hydrogens (tertiary/aromatic N) is 1. The predicted octanol–water partition coefficient (Wildman–Crippen LogP) is 18.5. The lowest BCUT2D eigenvalue weighted by atomic mass is 9.69. The van der Waals surface area contributed by atoms with Gasteiger partial charge < -0.3 is 4.90 Å². The maximum absolute atomic E-state index is 2.59. The second kappa shape index (κ2) is 15.9. The molecule has 0 aliphatic heterocycles. The first-order valence-electron chi connectivity index (χ1n) is 24.9. The van der Waals surface area contributed by atoms with Gasteiger partial charge in [0.05, 0.1) is 16.8 Å². The highest BCUT2D eigenvalue weighted by atomic mass is 15.1. The molecular formula is C70H49N. The summed E-state index contributed by atoms with van der Waals surface area (Å²) in [6.45, 7) is 4.74. The summed E-state index contributed by atoms with van der Waals surface area (Å²) in [5.74, 6) is 0. The Morgan fingerprint density at radius 3 is 1.32 bits per heavy atom. The average Bonchev–Trinajstić information content (AvgIpc) is 4.00. The molecule has 1 spiro atoms.